The molecule has 1 N–H and O–H groups in total. The van der Waals surface area contributed by atoms with E-state index in [-0.39, 0.29) is 0 Å². The first kappa shape index (κ1) is 10.6. The minimum atomic E-state index is 0.360. The fourth-order valence-corrected chi connectivity index (χ4v) is 1.78. The topological polar surface area (TPSA) is 37.8 Å². The van der Waals surface area contributed by atoms with E-state index in [9.17, 15) is 0 Å². The van der Waals surface area contributed by atoms with Gasteiger partial charge in [-0.3, -0.25) is 0 Å². The highest BCUT2D eigenvalue weighted by molar-refractivity contribution is 7.03. The van der Waals surface area contributed by atoms with Gasteiger partial charge < -0.3 is 5.32 Å². The van der Waals surface area contributed by atoms with Crippen LogP contribution in [0.5, 0.6) is 0 Å². The van der Waals surface area contributed by atoms with Crippen LogP contribution in [-0.4, -0.2) is 16.1 Å². The van der Waals surface area contributed by atoms with Gasteiger partial charge in [-0.2, -0.15) is 0 Å². The number of rotatable bonds is 5. The molecule has 74 valence electrons. The van der Waals surface area contributed by atoms with Gasteiger partial charge in [0.2, 0.25) is 0 Å². The van der Waals surface area contributed by atoms with Crippen molar-refractivity contribution in [2.75, 3.05) is 6.54 Å². The van der Waals surface area contributed by atoms with Gasteiger partial charge in [-0.1, -0.05) is 25.3 Å². The highest BCUT2D eigenvalue weighted by Crippen LogP contribution is 2.19. The summed E-state index contributed by atoms with van der Waals surface area (Å²) in [6.07, 6.45) is 1.15. The molecule has 0 saturated heterocycles. The Morgan fingerprint density at radius 2 is 2.31 bits per heavy atom. The molecular weight excluding hydrogens is 182 g/mol. The first-order chi connectivity index (χ1) is 6.25. The van der Waals surface area contributed by atoms with Crippen molar-refractivity contribution in [3.63, 3.8) is 0 Å². The van der Waals surface area contributed by atoms with Gasteiger partial charge in [-0.15, -0.1) is 5.10 Å². The molecule has 0 aliphatic heterocycles. The zero-order valence-electron chi connectivity index (χ0n) is 8.45. The Balaban J connectivity index is 2.58. The van der Waals surface area contributed by atoms with Crippen molar-refractivity contribution in [1.29, 1.82) is 0 Å². The van der Waals surface area contributed by atoms with Gasteiger partial charge >= 0.3 is 0 Å². The molecule has 1 unspecified atom stereocenters. The Hall–Kier alpha value is -0.480. The van der Waals surface area contributed by atoms with Crippen molar-refractivity contribution in [1.82, 2.24) is 14.9 Å². The largest absolute Gasteiger partial charge is 0.308 e. The Morgan fingerprint density at radius 1 is 1.54 bits per heavy atom. The summed E-state index contributed by atoms with van der Waals surface area (Å²) in [4.78, 5) is 0. The van der Waals surface area contributed by atoms with Crippen molar-refractivity contribution in [2.24, 2.45) is 5.92 Å². The second kappa shape index (κ2) is 5.29. The molecule has 0 fully saturated rings. The molecule has 3 nitrogen and oxygen atoms in total. The van der Waals surface area contributed by atoms with Crippen molar-refractivity contribution in [3.8, 4) is 0 Å². The van der Waals surface area contributed by atoms with Crippen LogP contribution in [0, 0.1) is 5.92 Å². The molecule has 0 saturated carbocycles. The summed E-state index contributed by atoms with van der Waals surface area (Å²) >= 11 is 1.42. The zero-order valence-corrected chi connectivity index (χ0v) is 9.27. The van der Waals surface area contributed by atoms with Crippen LogP contribution >= 0.6 is 11.5 Å². The second-order valence-corrected chi connectivity index (χ2v) is 4.12. The number of aromatic nitrogens is 2. The van der Waals surface area contributed by atoms with E-state index in [0.29, 0.717) is 12.0 Å². The van der Waals surface area contributed by atoms with Crippen LogP contribution in [-0.2, 0) is 0 Å². The van der Waals surface area contributed by atoms with Gasteiger partial charge in [0, 0.05) is 5.38 Å². The van der Waals surface area contributed by atoms with E-state index >= 15 is 0 Å². The molecular formula is C9H17N3S. The SMILES string of the molecule is CCCNC(c1csnn1)C(C)C. The van der Waals surface area contributed by atoms with Crippen LogP contribution in [0.2, 0.25) is 0 Å². The number of nitrogens with zero attached hydrogens (tertiary/aromatic N) is 2. The van der Waals surface area contributed by atoms with Crippen LogP contribution in [0.3, 0.4) is 0 Å². The predicted octanol–water partition coefficient (Wildman–Crippen LogP) is 2.23. The molecule has 1 aromatic rings. The number of hydrogen-bond donors (Lipinski definition) is 1. The molecule has 0 aliphatic rings. The van der Waals surface area contributed by atoms with Crippen molar-refractivity contribution < 1.29 is 0 Å². The monoisotopic (exact) mass is 199 g/mol. The quantitative estimate of drug-likeness (QED) is 0.790. The highest BCUT2D eigenvalue weighted by atomic mass is 32.1. The van der Waals surface area contributed by atoms with Gasteiger partial charge in [0.05, 0.1) is 11.7 Å². The van der Waals surface area contributed by atoms with Crippen molar-refractivity contribution >= 4 is 11.5 Å². The lowest BCUT2D eigenvalue weighted by Crippen LogP contribution is -2.26. The van der Waals surface area contributed by atoms with Crippen molar-refractivity contribution in [3.05, 3.63) is 11.1 Å². The molecule has 1 heterocycles. The maximum atomic E-state index is 4.10. The molecule has 0 aliphatic carbocycles. The fraction of sp³-hybridized carbons (Fsp3) is 0.778. The summed E-state index contributed by atoms with van der Waals surface area (Å²) in [6, 6.07) is 0.360. The summed E-state index contributed by atoms with van der Waals surface area (Å²) in [5, 5.41) is 9.59. The first-order valence-corrected chi connectivity index (χ1v) is 5.59. The Kier molecular flexibility index (Phi) is 4.32. The average Bonchev–Trinajstić information content (AvgIpc) is 2.57. The normalized spacial score (nSPS) is 13.5. The third-order valence-electron chi connectivity index (χ3n) is 1.98. The van der Waals surface area contributed by atoms with Crippen LogP contribution in [0.1, 0.15) is 38.9 Å². The number of hydrogen-bond acceptors (Lipinski definition) is 4. The molecule has 1 aromatic heterocycles. The van der Waals surface area contributed by atoms with Crippen LogP contribution in [0.15, 0.2) is 5.38 Å². The zero-order chi connectivity index (χ0) is 9.68. The van der Waals surface area contributed by atoms with Crippen LogP contribution in [0.25, 0.3) is 0 Å². The summed E-state index contributed by atoms with van der Waals surface area (Å²) in [5.41, 5.74) is 1.08. The lowest BCUT2D eigenvalue weighted by atomic mass is 10.0. The van der Waals surface area contributed by atoms with E-state index in [1.807, 2.05) is 5.38 Å². The van der Waals surface area contributed by atoms with Crippen LogP contribution in [0.4, 0.5) is 0 Å². The van der Waals surface area contributed by atoms with Crippen LogP contribution < -0.4 is 5.32 Å². The molecule has 13 heavy (non-hydrogen) atoms. The Morgan fingerprint density at radius 3 is 2.77 bits per heavy atom. The van der Waals surface area contributed by atoms with E-state index in [0.717, 1.165) is 18.7 Å². The summed E-state index contributed by atoms with van der Waals surface area (Å²) in [7, 11) is 0. The Labute approximate surface area is 83.7 Å². The molecule has 0 amide bonds. The molecule has 0 aromatic carbocycles. The summed E-state index contributed by atoms with van der Waals surface area (Å²) in [5.74, 6) is 0.565. The van der Waals surface area contributed by atoms with E-state index in [1.54, 1.807) is 0 Å². The fourth-order valence-electron chi connectivity index (χ4n) is 1.29. The number of nitrogens with one attached hydrogen (secondary N) is 1. The first-order valence-electron chi connectivity index (χ1n) is 4.76. The second-order valence-electron chi connectivity index (χ2n) is 3.51. The predicted molar refractivity (Wildman–Crippen MR) is 55.8 cm³/mol. The third-order valence-corrected chi connectivity index (χ3v) is 2.50. The van der Waals surface area contributed by atoms with E-state index in [1.165, 1.54) is 11.5 Å². The minimum Gasteiger partial charge on any atom is -0.308 e. The molecule has 0 spiro atoms. The average molecular weight is 199 g/mol. The Bertz CT molecular complexity index is 221. The van der Waals surface area contributed by atoms with Gasteiger partial charge in [0.1, 0.15) is 0 Å². The maximum Gasteiger partial charge on any atom is 0.0927 e. The standard InChI is InChI=1S/C9H17N3S/c1-4-5-10-9(7(2)3)8-6-13-12-11-8/h6-7,9-10H,4-5H2,1-3H3. The van der Waals surface area contributed by atoms with Gasteiger partial charge in [0.25, 0.3) is 0 Å². The minimum absolute atomic E-state index is 0.360. The lowest BCUT2D eigenvalue weighted by molar-refractivity contribution is 0.404. The summed E-state index contributed by atoms with van der Waals surface area (Å²) < 4.78 is 3.89. The van der Waals surface area contributed by atoms with Gasteiger partial charge in [0.15, 0.2) is 0 Å². The molecule has 1 atom stereocenters. The van der Waals surface area contributed by atoms with E-state index in [4.69, 9.17) is 0 Å². The summed E-state index contributed by atoms with van der Waals surface area (Å²) in [6.45, 7) is 7.61. The third kappa shape index (κ3) is 3.04. The lowest BCUT2D eigenvalue weighted by Gasteiger charge is -2.19. The molecule has 1 rings (SSSR count). The highest BCUT2D eigenvalue weighted by Gasteiger charge is 2.16. The van der Waals surface area contributed by atoms with Crippen molar-refractivity contribution in [2.45, 2.75) is 33.2 Å². The molecule has 0 radical (unpaired) electrons. The van der Waals surface area contributed by atoms with E-state index in [2.05, 4.69) is 35.7 Å². The smallest absolute Gasteiger partial charge is 0.0927 e. The van der Waals surface area contributed by atoms with E-state index < -0.39 is 0 Å². The van der Waals surface area contributed by atoms with Gasteiger partial charge in [-0.25, -0.2) is 0 Å². The van der Waals surface area contributed by atoms with Gasteiger partial charge in [-0.05, 0) is 30.4 Å². The molecule has 4 heteroatoms. The molecule has 0 bridgehead atoms. The maximum absolute atomic E-state index is 4.10.